The Morgan fingerprint density at radius 3 is 2.39 bits per heavy atom. The number of carbonyl (C=O) groups excluding carboxylic acids is 3. The Morgan fingerprint density at radius 2 is 1.75 bits per heavy atom. The van der Waals surface area contributed by atoms with Crippen molar-refractivity contribution in [3.63, 3.8) is 0 Å². The van der Waals surface area contributed by atoms with Crippen LogP contribution in [-0.4, -0.2) is 28.9 Å². The summed E-state index contributed by atoms with van der Waals surface area (Å²) >= 11 is 0. The molecule has 0 saturated heterocycles. The number of rotatable bonds is 9. The molecule has 1 atom stereocenters. The Balaban J connectivity index is 1.59. The van der Waals surface area contributed by atoms with E-state index >= 15 is 0 Å². The molecule has 188 valence electrons. The summed E-state index contributed by atoms with van der Waals surface area (Å²) in [6, 6.07) is 15.0. The number of carbonyl (C=O) groups is 3. The molecule has 0 bridgehead atoms. The molecule has 4 rings (SSSR count). The van der Waals surface area contributed by atoms with Crippen molar-refractivity contribution in [1.82, 2.24) is 10.5 Å². The Morgan fingerprint density at radius 1 is 1.06 bits per heavy atom. The first-order valence-corrected chi connectivity index (χ1v) is 12.1. The number of halogens is 1. The van der Waals surface area contributed by atoms with Gasteiger partial charge >= 0.3 is 0 Å². The van der Waals surface area contributed by atoms with Crippen molar-refractivity contribution >= 4 is 29.2 Å². The molecule has 3 amide bonds. The Labute approximate surface area is 208 Å². The van der Waals surface area contributed by atoms with Gasteiger partial charge in [-0.1, -0.05) is 48.3 Å². The van der Waals surface area contributed by atoms with Crippen LogP contribution in [0.25, 0.3) is 0 Å². The highest BCUT2D eigenvalue weighted by molar-refractivity contribution is 6.03. The van der Waals surface area contributed by atoms with Crippen molar-refractivity contribution in [2.75, 3.05) is 10.2 Å². The number of para-hydroxylation sites is 1. The largest absolute Gasteiger partial charge is 0.360 e. The molecule has 0 unspecified atom stereocenters. The van der Waals surface area contributed by atoms with Crippen LogP contribution in [0.4, 0.5) is 15.9 Å². The second-order valence-corrected chi connectivity index (χ2v) is 8.91. The number of aromatic nitrogens is 1. The lowest BCUT2D eigenvalue weighted by Gasteiger charge is -2.32. The molecule has 2 N–H and O–H groups in total. The second kappa shape index (κ2) is 11.6. The second-order valence-electron chi connectivity index (χ2n) is 8.91. The molecule has 3 aromatic rings. The molecule has 1 heterocycles. The number of nitrogens with zero attached hydrogens (tertiary/aromatic N) is 2. The van der Waals surface area contributed by atoms with Crippen molar-refractivity contribution in [3.8, 4) is 0 Å². The SMILES string of the molecule is Cc1cc(NC(=O)CCC(=O)N(c2ccccc2)[C@H](C(=O)NC2CCCC2)c2ccc(F)cc2)no1. The maximum atomic E-state index is 13.7. The highest BCUT2D eigenvalue weighted by Crippen LogP contribution is 2.30. The zero-order valence-electron chi connectivity index (χ0n) is 20.1. The quantitative estimate of drug-likeness (QED) is 0.452. The van der Waals surface area contributed by atoms with E-state index in [2.05, 4.69) is 15.8 Å². The number of nitrogens with one attached hydrogen (secondary N) is 2. The van der Waals surface area contributed by atoms with Gasteiger partial charge in [-0.3, -0.25) is 19.3 Å². The third-order valence-corrected chi connectivity index (χ3v) is 6.16. The minimum atomic E-state index is -1.03. The Bertz CT molecular complexity index is 1190. The van der Waals surface area contributed by atoms with Crippen molar-refractivity contribution in [2.45, 2.75) is 57.5 Å². The summed E-state index contributed by atoms with van der Waals surface area (Å²) in [5, 5.41) is 9.40. The maximum absolute atomic E-state index is 13.7. The lowest BCUT2D eigenvalue weighted by Crippen LogP contribution is -2.46. The summed E-state index contributed by atoms with van der Waals surface area (Å²) in [5.74, 6) is -0.779. The fraction of sp³-hybridized carbons (Fsp3) is 0.333. The molecule has 8 nitrogen and oxygen atoms in total. The van der Waals surface area contributed by atoms with Crippen LogP contribution in [0.1, 0.15) is 55.9 Å². The standard InChI is InChI=1S/C27H29FN4O4/c1-18-17-23(31-36-18)30-24(33)15-16-25(34)32(22-9-3-2-4-10-22)26(19-11-13-20(28)14-12-19)27(35)29-21-7-5-6-8-21/h2-4,9-14,17,21,26H,5-8,15-16H2,1H3,(H,29,35)(H,30,31,33)/t26-/m0/s1. The van der Waals surface area contributed by atoms with Crippen LogP contribution in [0.5, 0.6) is 0 Å². The van der Waals surface area contributed by atoms with Gasteiger partial charge in [0.15, 0.2) is 5.82 Å². The summed E-state index contributed by atoms with van der Waals surface area (Å²) in [4.78, 5) is 41.0. The Kier molecular flexibility index (Phi) is 8.10. The number of anilines is 2. The third-order valence-electron chi connectivity index (χ3n) is 6.16. The molecule has 9 heteroatoms. The van der Waals surface area contributed by atoms with Crippen LogP contribution >= 0.6 is 0 Å². The molecule has 36 heavy (non-hydrogen) atoms. The smallest absolute Gasteiger partial charge is 0.248 e. The van der Waals surface area contributed by atoms with Crippen LogP contribution in [-0.2, 0) is 14.4 Å². The average Bonchev–Trinajstić information content (AvgIpc) is 3.53. The van der Waals surface area contributed by atoms with E-state index in [1.54, 1.807) is 37.3 Å². The van der Waals surface area contributed by atoms with Gasteiger partial charge in [0.1, 0.15) is 17.6 Å². The minimum Gasteiger partial charge on any atom is -0.360 e. The Hall–Kier alpha value is -4.01. The molecule has 1 saturated carbocycles. The topological polar surface area (TPSA) is 105 Å². The van der Waals surface area contributed by atoms with Gasteiger partial charge in [0.05, 0.1) is 0 Å². The molecular formula is C27H29FN4O4. The molecule has 0 radical (unpaired) electrons. The average molecular weight is 493 g/mol. The van der Waals surface area contributed by atoms with Gasteiger partial charge in [-0.15, -0.1) is 0 Å². The summed E-state index contributed by atoms with van der Waals surface area (Å²) < 4.78 is 18.7. The van der Waals surface area contributed by atoms with Crippen LogP contribution in [0.3, 0.4) is 0 Å². The van der Waals surface area contributed by atoms with Crippen LogP contribution < -0.4 is 15.5 Å². The van der Waals surface area contributed by atoms with Crippen molar-refractivity contribution in [1.29, 1.82) is 0 Å². The van der Waals surface area contributed by atoms with Gasteiger partial charge in [-0.2, -0.15) is 0 Å². The normalized spacial score (nSPS) is 14.3. The van der Waals surface area contributed by atoms with E-state index in [4.69, 9.17) is 4.52 Å². The molecule has 0 aliphatic heterocycles. The predicted molar refractivity (Wildman–Crippen MR) is 133 cm³/mol. The van der Waals surface area contributed by atoms with Crippen LogP contribution in [0.2, 0.25) is 0 Å². The first-order chi connectivity index (χ1) is 17.4. The molecule has 0 spiro atoms. The van der Waals surface area contributed by atoms with Crippen molar-refractivity contribution < 1.29 is 23.3 Å². The summed E-state index contributed by atoms with van der Waals surface area (Å²) in [6.07, 6.45) is 3.56. The maximum Gasteiger partial charge on any atom is 0.248 e. The van der Waals surface area contributed by atoms with Gasteiger partial charge in [-0.05, 0) is 49.6 Å². The fourth-order valence-electron chi connectivity index (χ4n) is 4.41. The highest BCUT2D eigenvalue weighted by atomic mass is 19.1. The van der Waals surface area contributed by atoms with E-state index in [0.29, 0.717) is 17.0 Å². The number of benzene rings is 2. The molecule has 2 aromatic carbocycles. The van der Waals surface area contributed by atoms with E-state index in [1.165, 1.54) is 29.2 Å². The zero-order chi connectivity index (χ0) is 25.5. The molecule has 1 aliphatic rings. The summed E-state index contributed by atoms with van der Waals surface area (Å²) in [7, 11) is 0. The first-order valence-electron chi connectivity index (χ1n) is 12.1. The summed E-state index contributed by atoms with van der Waals surface area (Å²) in [5.41, 5.74) is 0.984. The molecule has 1 aliphatic carbocycles. The predicted octanol–water partition coefficient (Wildman–Crippen LogP) is 4.67. The molecule has 1 aromatic heterocycles. The van der Waals surface area contributed by atoms with E-state index < -0.39 is 23.7 Å². The van der Waals surface area contributed by atoms with Crippen molar-refractivity contribution in [3.05, 3.63) is 77.8 Å². The van der Waals surface area contributed by atoms with Crippen molar-refractivity contribution in [2.24, 2.45) is 0 Å². The zero-order valence-corrected chi connectivity index (χ0v) is 20.1. The van der Waals surface area contributed by atoms with E-state index in [-0.39, 0.29) is 30.6 Å². The summed E-state index contributed by atoms with van der Waals surface area (Å²) in [6.45, 7) is 1.70. The highest BCUT2D eigenvalue weighted by Gasteiger charge is 2.34. The number of aryl methyl sites for hydroxylation is 1. The monoisotopic (exact) mass is 492 g/mol. The lowest BCUT2D eigenvalue weighted by atomic mass is 10.0. The van der Waals surface area contributed by atoms with Gasteiger partial charge < -0.3 is 15.2 Å². The number of amides is 3. The van der Waals surface area contributed by atoms with Gasteiger partial charge in [0.25, 0.3) is 0 Å². The fourth-order valence-corrected chi connectivity index (χ4v) is 4.41. The van der Waals surface area contributed by atoms with E-state index in [1.807, 2.05) is 6.07 Å². The number of hydrogen-bond acceptors (Lipinski definition) is 5. The van der Waals surface area contributed by atoms with E-state index in [9.17, 15) is 18.8 Å². The molecular weight excluding hydrogens is 463 g/mol. The van der Waals surface area contributed by atoms with Gasteiger partial charge in [0.2, 0.25) is 17.7 Å². The van der Waals surface area contributed by atoms with Gasteiger partial charge in [0, 0.05) is 30.6 Å². The van der Waals surface area contributed by atoms with Crippen LogP contribution in [0.15, 0.2) is 65.2 Å². The van der Waals surface area contributed by atoms with E-state index in [0.717, 1.165) is 25.7 Å². The number of hydrogen-bond donors (Lipinski definition) is 2. The van der Waals surface area contributed by atoms with Crippen LogP contribution in [0, 0.1) is 12.7 Å². The lowest BCUT2D eigenvalue weighted by molar-refractivity contribution is -0.127. The van der Waals surface area contributed by atoms with Gasteiger partial charge in [-0.25, -0.2) is 4.39 Å². The first kappa shape index (κ1) is 25.1. The minimum absolute atomic E-state index is 0.0323. The third kappa shape index (κ3) is 6.35. The molecule has 1 fully saturated rings.